The normalized spacial score (nSPS) is 10.8. The van der Waals surface area contributed by atoms with Gasteiger partial charge in [0.05, 0.1) is 31.3 Å². The molecule has 4 nitrogen and oxygen atoms in total. The van der Waals surface area contributed by atoms with Crippen LogP contribution in [-0.2, 0) is 0 Å². The maximum Gasteiger partial charge on any atom is 0.118 e. The number of ether oxygens (including phenoxy) is 2. The number of rotatable bonds is 5. The highest BCUT2D eigenvalue weighted by molar-refractivity contribution is 5.76. The van der Waals surface area contributed by atoms with Crippen LogP contribution >= 0.6 is 0 Å². The third-order valence-electron chi connectivity index (χ3n) is 5.10. The van der Waals surface area contributed by atoms with E-state index in [9.17, 15) is 0 Å². The molecule has 0 atom stereocenters. The number of benzene rings is 3. The topological polar surface area (TPSA) is 36.3 Å². The Balaban J connectivity index is 1.92. The quantitative estimate of drug-likeness (QED) is 0.434. The van der Waals surface area contributed by atoms with Crippen LogP contribution < -0.4 is 9.47 Å². The van der Waals surface area contributed by atoms with Crippen LogP contribution in [0.5, 0.6) is 11.5 Å². The Hall–Kier alpha value is -3.53. The average Bonchev–Trinajstić information content (AvgIpc) is 3.11. The van der Waals surface area contributed by atoms with Crippen molar-refractivity contribution in [3.8, 4) is 39.7 Å². The van der Waals surface area contributed by atoms with E-state index in [0.717, 1.165) is 45.3 Å². The minimum Gasteiger partial charge on any atom is -0.497 e. The summed E-state index contributed by atoms with van der Waals surface area (Å²) in [5, 5.41) is 5.01. The second kappa shape index (κ2) is 7.84. The Morgan fingerprint density at radius 1 is 0.724 bits per heavy atom. The second-order valence-corrected chi connectivity index (χ2v) is 7.03. The maximum atomic E-state index is 5.33. The minimum atomic E-state index is 0.833. The summed E-state index contributed by atoms with van der Waals surface area (Å²) >= 11 is 0. The molecule has 4 rings (SSSR count). The first-order valence-electron chi connectivity index (χ1n) is 9.56. The first-order valence-corrected chi connectivity index (χ1v) is 9.56. The van der Waals surface area contributed by atoms with Crippen molar-refractivity contribution < 1.29 is 9.47 Å². The molecule has 4 heteroatoms. The van der Waals surface area contributed by atoms with Crippen LogP contribution in [0.3, 0.4) is 0 Å². The Morgan fingerprint density at radius 2 is 1.31 bits per heavy atom. The molecule has 0 radical (unpaired) electrons. The highest BCUT2D eigenvalue weighted by Crippen LogP contribution is 2.35. The van der Waals surface area contributed by atoms with E-state index in [2.05, 4.69) is 50.2 Å². The Morgan fingerprint density at radius 3 is 1.86 bits per heavy atom. The fourth-order valence-corrected chi connectivity index (χ4v) is 3.55. The van der Waals surface area contributed by atoms with E-state index in [-0.39, 0.29) is 0 Å². The van der Waals surface area contributed by atoms with Crippen molar-refractivity contribution in [2.45, 2.75) is 13.8 Å². The number of methoxy groups -OCH3 is 2. The smallest absolute Gasteiger partial charge is 0.118 e. The molecular formula is C25H24N2O2. The van der Waals surface area contributed by atoms with Gasteiger partial charge in [0.15, 0.2) is 0 Å². The third-order valence-corrected chi connectivity index (χ3v) is 5.10. The van der Waals surface area contributed by atoms with Gasteiger partial charge in [0, 0.05) is 16.7 Å². The zero-order valence-corrected chi connectivity index (χ0v) is 17.1. The van der Waals surface area contributed by atoms with Gasteiger partial charge in [-0.05, 0) is 80.1 Å². The molecule has 0 bridgehead atoms. The molecule has 0 aliphatic rings. The van der Waals surface area contributed by atoms with Gasteiger partial charge in [-0.2, -0.15) is 5.10 Å². The van der Waals surface area contributed by atoms with Crippen LogP contribution in [0, 0.1) is 13.8 Å². The largest absolute Gasteiger partial charge is 0.497 e. The highest BCUT2D eigenvalue weighted by Gasteiger charge is 2.19. The number of aromatic nitrogens is 2. The summed E-state index contributed by atoms with van der Waals surface area (Å²) in [6.45, 7) is 4.22. The highest BCUT2D eigenvalue weighted by atomic mass is 16.5. The second-order valence-electron chi connectivity index (χ2n) is 7.03. The summed E-state index contributed by atoms with van der Waals surface area (Å²) < 4.78 is 12.7. The van der Waals surface area contributed by atoms with Crippen molar-refractivity contribution >= 4 is 0 Å². The van der Waals surface area contributed by atoms with Gasteiger partial charge in [-0.1, -0.05) is 12.1 Å². The van der Waals surface area contributed by atoms with Gasteiger partial charge in [-0.3, -0.25) is 0 Å². The van der Waals surface area contributed by atoms with E-state index in [0.29, 0.717) is 0 Å². The standard InChI is InChI=1S/C25H24N2O2/c1-17-6-5-7-21(16-17)27-25(20-10-14-23(29-4)15-11-20)18(2)24(26-27)19-8-12-22(28-3)13-9-19/h5-16H,1-4H3. The lowest BCUT2D eigenvalue weighted by Crippen LogP contribution is -2.00. The number of aryl methyl sites for hydroxylation is 1. The Labute approximate surface area is 171 Å². The van der Waals surface area contributed by atoms with Crippen LogP contribution in [0.4, 0.5) is 0 Å². The molecule has 0 N–H and O–H groups in total. The fraction of sp³-hybridized carbons (Fsp3) is 0.160. The van der Waals surface area contributed by atoms with Crippen molar-refractivity contribution in [1.82, 2.24) is 9.78 Å². The van der Waals surface area contributed by atoms with E-state index in [1.807, 2.05) is 41.1 Å². The first kappa shape index (κ1) is 18.8. The van der Waals surface area contributed by atoms with Gasteiger partial charge in [-0.25, -0.2) is 4.68 Å². The van der Waals surface area contributed by atoms with Crippen LogP contribution in [0.1, 0.15) is 11.1 Å². The zero-order valence-electron chi connectivity index (χ0n) is 17.1. The van der Waals surface area contributed by atoms with E-state index in [4.69, 9.17) is 14.6 Å². The monoisotopic (exact) mass is 384 g/mol. The molecule has 0 unspecified atom stereocenters. The number of nitrogens with zero attached hydrogens (tertiary/aromatic N) is 2. The van der Waals surface area contributed by atoms with Gasteiger partial charge < -0.3 is 9.47 Å². The SMILES string of the molecule is COc1ccc(-c2nn(-c3cccc(C)c3)c(-c3ccc(OC)cc3)c2C)cc1. The first-order chi connectivity index (χ1) is 14.1. The third kappa shape index (κ3) is 3.61. The molecule has 0 saturated heterocycles. The summed E-state index contributed by atoms with van der Waals surface area (Å²) in [4.78, 5) is 0. The van der Waals surface area contributed by atoms with Gasteiger partial charge in [-0.15, -0.1) is 0 Å². The van der Waals surface area contributed by atoms with Crippen LogP contribution in [-0.4, -0.2) is 24.0 Å². The summed E-state index contributed by atoms with van der Waals surface area (Å²) in [5.74, 6) is 1.67. The molecule has 1 aromatic heterocycles. The lowest BCUT2D eigenvalue weighted by atomic mass is 10.0. The fourth-order valence-electron chi connectivity index (χ4n) is 3.55. The molecule has 0 spiro atoms. The lowest BCUT2D eigenvalue weighted by molar-refractivity contribution is 0.414. The molecule has 29 heavy (non-hydrogen) atoms. The predicted octanol–water partition coefficient (Wildman–Crippen LogP) is 5.84. The molecule has 3 aromatic carbocycles. The predicted molar refractivity (Wildman–Crippen MR) is 117 cm³/mol. The van der Waals surface area contributed by atoms with Crippen molar-refractivity contribution in [2.75, 3.05) is 14.2 Å². The minimum absolute atomic E-state index is 0.833. The van der Waals surface area contributed by atoms with E-state index >= 15 is 0 Å². The van der Waals surface area contributed by atoms with Crippen molar-refractivity contribution in [2.24, 2.45) is 0 Å². The molecule has 4 aromatic rings. The number of hydrogen-bond acceptors (Lipinski definition) is 3. The molecule has 1 heterocycles. The zero-order chi connectivity index (χ0) is 20.4. The maximum absolute atomic E-state index is 5.33. The number of hydrogen-bond donors (Lipinski definition) is 0. The van der Waals surface area contributed by atoms with Crippen molar-refractivity contribution in [3.05, 3.63) is 83.9 Å². The molecule has 0 aliphatic carbocycles. The van der Waals surface area contributed by atoms with Crippen molar-refractivity contribution in [1.29, 1.82) is 0 Å². The lowest BCUT2D eigenvalue weighted by Gasteiger charge is -2.10. The van der Waals surface area contributed by atoms with E-state index < -0.39 is 0 Å². The van der Waals surface area contributed by atoms with E-state index in [1.54, 1.807) is 14.2 Å². The molecule has 146 valence electrons. The average molecular weight is 384 g/mol. The summed E-state index contributed by atoms with van der Waals surface area (Å²) in [6.07, 6.45) is 0. The Kier molecular flexibility index (Phi) is 5.09. The molecule has 0 amide bonds. The van der Waals surface area contributed by atoms with Crippen LogP contribution in [0.25, 0.3) is 28.2 Å². The van der Waals surface area contributed by atoms with Crippen LogP contribution in [0.2, 0.25) is 0 Å². The van der Waals surface area contributed by atoms with Gasteiger partial charge in [0.25, 0.3) is 0 Å². The molecule has 0 aliphatic heterocycles. The van der Waals surface area contributed by atoms with E-state index in [1.165, 1.54) is 5.56 Å². The summed E-state index contributed by atoms with van der Waals surface area (Å²) in [7, 11) is 3.35. The van der Waals surface area contributed by atoms with Crippen LogP contribution in [0.15, 0.2) is 72.8 Å². The Bertz CT molecular complexity index is 1130. The molecular weight excluding hydrogens is 360 g/mol. The summed E-state index contributed by atoms with van der Waals surface area (Å²) in [5.41, 5.74) is 7.55. The molecule has 0 saturated carbocycles. The van der Waals surface area contributed by atoms with Gasteiger partial charge in [0.2, 0.25) is 0 Å². The van der Waals surface area contributed by atoms with Gasteiger partial charge in [0.1, 0.15) is 11.5 Å². The van der Waals surface area contributed by atoms with Crippen molar-refractivity contribution in [3.63, 3.8) is 0 Å². The molecule has 0 fully saturated rings. The summed E-state index contributed by atoms with van der Waals surface area (Å²) in [6, 6.07) is 24.5. The van der Waals surface area contributed by atoms with Gasteiger partial charge >= 0.3 is 0 Å².